The summed E-state index contributed by atoms with van der Waals surface area (Å²) in [6.45, 7) is 5.37. The molecule has 208 valence electrons. The zero-order chi connectivity index (χ0) is 28.9. The van der Waals surface area contributed by atoms with E-state index in [2.05, 4.69) is 91.5 Å². The molecule has 0 N–H and O–H groups in total. The zero-order valence-corrected chi connectivity index (χ0v) is 24.0. The highest BCUT2D eigenvalue weighted by molar-refractivity contribution is 6.06. The molecule has 0 amide bonds. The van der Waals surface area contributed by atoms with Crippen LogP contribution in [0.3, 0.4) is 0 Å². The number of aromatic nitrogens is 2. The number of para-hydroxylation sites is 2. The second kappa shape index (κ2) is 10.1. The molecule has 0 aliphatic carbocycles. The Labute approximate surface area is 249 Å². The van der Waals surface area contributed by atoms with Gasteiger partial charge in [-0.1, -0.05) is 74.5 Å². The van der Waals surface area contributed by atoms with Crippen LogP contribution in [0.2, 0.25) is 0 Å². The van der Waals surface area contributed by atoms with Crippen LogP contribution >= 0.6 is 0 Å². The predicted octanol–water partition coefficient (Wildman–Crippen LogP) is 10.4. The van der Waals surface area contributed by atoms with Crippen LogP contribution in [0.5, 0.6) is 0 Å². The molecule has 4 aromatic heterocycles. The predicted molar refractivity (Wildman–Crippen MR) is 176 cm³/mol. The molecule has 8 aromatic rings. The van der Waals surface area contributed by atoms with Gasteiger partial charge in [-0.15, -0.1) is 0 Å². The number of furan rings is 2. The summed E-state index contributed by atoms with van der Waals surface area (Å²) >= 11 is 0. The molecule has 4 aromatic carbocycles. The molecule has 0 fully saturated rings. The van der Waals surface area contributed by atoms with Crippen LogP contribution in [0.25, 0.3) is 66.4 Å². The van der Waals surface area contributed by atoms with Gasteiger partial charge in [0.1, 0.15) is 11.2 Å². The standard InChI is InChI=1S/C38H29N3O2/c1-24(2)23-41(27-11-7-9-25(17-27)33-19-31-29-13-3-5-15-35(29)42-37(31)21-39-33)28-12-8-10-26(18-28)34-20-32-30-14-4-6-16-36(30)43-38(32)22-40-34/h3-22,24H,23H2,1-2H3. The molecule has 8 rings (SSSR count). The van der Waals surface area contributed by atoms with E-state index in [0.717, 1.165) is 84.3 Å². The van der Waals surface area contributed by atoms with Crippen molar-refractivity contribution in [3.8, 4) is 22.5 Å². The van der Waals surface area contributed by atoms with Crippen molar-refractivity contribution >= 4 is 55.3 Å². The molecule has 5 heteroatoms. The molecule has 0 radical (unpaired) electrons. The van der Waals surface area contributed by atoms with Crippen LogP contribution in [0.4, 0.5) is 11.4 Å². The van der Waals surface area contributed by atoms with Crippen LogP contribution in [0, 0.1) is 5.92 Å². The largest absolute Gasteiger partial charge is 0.454 e. The average molecular weight is 560 g/mol. The SMILES string of the molecule is CC(C)CN(c1cccc(-c2cc3c(cn2)oc2ccccc23)c1)c1cccc(-c2cc3c(cn2)oc2ccccc23)c1. The summed E-state index contributed by atoms with van der Waals surface area (Å²) < 4.78 is 12.0. The topological polar surface area (TPSA) is 55.3 Å². The minimum atomic E-state index is 0.450. The number of benzene rings is 4. The number of anilines is 2. The minimum Gasteiger partial charge on any atom is -0.454 e. The molecule has 0 aliphatic rings. The van der Waals surface area contributed by atoms with E-state index in [1.807, 2.05) is 48.8 Å². The van der Waals surface area contributed by atoms with Crippen molar-refractivity contribution in [2.24, 2.45) is 5.92 Å². The van der Waals surface area contributed by atoms with E-state index in [9.17, 15) is 0 Å². The highest BCUT2D eigenvalue weighted by atomic mass is 16.3. The van der Waals surface area contributed by atoms with Gasteiger partial charge in [0.25, 0.3) is 0 Å². The van der Waals surface area contributed by atoms with Gasteiger partial charge < -0.3 is 13.7 Å². The van der Waals surface area contributed by atoms with E-state index in [1.165, 1.54) is 0 Å². The summed E-state index contributed by atoms with van der Waals surface area (Å²) in [5.41, 5.74) is 9.56. The van der Waals surface area contributed by atoms with Crippen LogP contribution in [0.15, 0.2) is 130 Å². The third-order valence-corrected chi connectivity index (χ3v) is 7.98. The fourth-order valence-electron chi connectivity index (χ4n) is 5.97. The molecule has 0 bridgehead atoms. The lowest BCUT2D eigenvalue weighted by molar-refractivity contribution is 0.651. The minimum absolute atomic E-state index is 0.450. The molecule has 0 saturated heterocycles. The summed E-state index contributed by atoms with van der Waals surface area (Å²) in [5.74, 6) is 0.450. The Bertz CT molecular complexity index is 2120. The van der Waals surface area contributed by atoms with Gasteiger partial charge in [-0.3, -0.25) is 9.97 Å². The van der Waals surface area contributed by atoms with Gasteiger partial charge in [0.15, 0.2) is 11.2 Å². The summed E-state index contributed by atoms with van der Waals surface area (Å²) in [5, 5.41) is 4.36. The van der Waals surface area contributed by atoms with E-state index >= 15 is 0 Å². The maximum absolute atomic E-state index is 6.01. The summed E-state index contributed by atoms with van der Waals surface area (Å²) in [6.07, 6.45) is 3.67. The Morgan fingerprint density at radius 3 is 1.51 bits per heavy atom. The molecule has 0 spiro atoms. The number of nitrogens with zero attached hydrogens (tertiary/aromatic N) is 3. The fraction of sp³-hybridized carbons (Fsp3) is 0.105. The van der Waals surface area contributed by atoms with Crippen LogP contribution < -0.4 is 4.90 Å². The normalized spacial score (nSPS) is 11.8. The first-order chi connectivity index (χ1) is 21.1. The highest BCUT2D eigenvalue weighted by Crippen LogP contribution is 2.36. The van der Waals surface area contributed by atoms with Crippen molar-refractivity contribution in [1.29, 1.82) is 0 Å². The Morgan fingerprint density at radius 1 is 0.535 bits per heavy atom. The fourth-order valence-corrected chi connectivity index (χ4v) is 5.97. The molecule has 5 nitrogen and oxygen atoms in total. The quantitative estimate of drug-likeness (QED) is 0.203. The molecular weight excluding hydrogens is 530 g/mol. The Balaban J connectivity index is 1.19. The van der Waals surface area contributed by atoms with Crippen molar-refractivity contribution in [3.63, 3.8) is 0 Å². The number of hydrogen-bond acceptors (Lipinski definition) is 5. The van der Waals surface area contributed by atoms with Crippen LogP contribution in [0.1, 0.15) is 13.8 Å². The third-order valence-electron chi connectivity index (χ3n) is 7.98. The van der Waals surface area contributed by atoms with E-state index in [-0.39, 0.29) is 0 Å². The van der Waals surface area contributed by atoms with Gasteiger partial charge >= 0.3 is 0 Å². The van der Waals surface area contributed by atoms with E-state index in [0.29, 0.717) is 5.92 Å². The van der Waals surface area contributed by atoms with Crippen LogP contribution in [-0.4, -0.2) is 16.5 Å². The van der Waals surface area contributed by atoms with Crippen molar-refractivity contribution in [1.82, 2.24) is 9.97 Å². The number of rotatable bonds is 6. The lowest BCUT2D eigenvalue weighted by Gasteiger charge is -2.28. The maximum atomic E-state index is 6.01. The number of hydrogen-bond donors (Lipinski definition) is 0. The van der Waals surface area contributed by atoms with Gasteiger partial charge in [0, 0.05) is 50.6 Å². The molecule has 43 heavy (non-hydrogen) atoms. The summed E-state index contributed by atoms with van der Waals surface area (Å²) in [7, 11) is 0. The Hall–Kier alpha value is -5.42. The molecule has 4 heterocycles. The molecular formula is C38H29N3O2. The lowest BCUT2D eigenvalue weighted by atomic mass is 10.0. The summed E-state index contributed by atoms with van der Waals surface area (Å²) in [4.78, 5) is 11.9. The second-order valence-electron chi connectivity index (χ2n) is 11.4. The average Bonchev–Trinajstić information content (AvgIpc) is 3.61. The molecule has 0 saturated carbocycles. The highest BCUT2D eigenvalue weighted by Gasteiger charge is 2.16. The molecule has 0 unspecified atom stereocenters. The van der Waals surface area contributed by atoms with Gasteiger partial charge in [0.2, 0.25) is 0 Å². The number of pyridine rings is 2. The second-order valence-corrected chi connectivity index (χ2v) is 11.4. The lowest BCUT2D eigenvalue weighted by Crippen LogP contribution is -2.22. The van der Waals surface area contributed by atoms with Gasteiger partial charge in [-0.25, -0.2) is 0 Å². The number of fused-ring (bicyclic) bond motifs is 6. The first-order valence-electron chi connectivity index (χ1n) is 14.6. The smallest absolute Gasteiger partial charge is 0.153 e. The first kappa shape index (κ1) is 25.3. The van der Waals surface area contributed by atoms with Crippen molar-refractivity contribution in [3.05, 3.63) is 122 Å². The Kier molecular flexibility index (Phi) is 5.97. The van der Waals surface area contributed by atoms with E-state index in [4.69, 9.17) is 18.8 Å². The van der Waals surface area contributed by atoms with Gasteiger partial charge in [-0.05, 0) is 54.4 Å². The van der Waals surface area contributed by atoms with Gasteiger partial charge in [0.05, 0.1) is 23.8 Å². The first-order valence-corrected chi connectivity index (χ1v) is 14.6. The van der Waals surface area contributed by atoms with E-state index in [1.54, 1.807) is 0 Å². The van der Waals surface area contributed by atoms with Crippen molar-refractivity contribution in [2.45, 2.75) is 13.8 Å². The van der Waals surface area contributed by atoms with Crippen molar-refractivity contribution in [2.75, 3.05) is 11.4 Å². The molecule has 0 atom stereocenters. The van der Waals surface area contributed by atoms with Gasteiger partial charge in [-0.2, -0.15) is 0 Å². The summed E-state index contributed by atoms with van der Waals surface area (Å²) in [6, 6.07) is 37.8. The van der Waals surface area contributed by atoms with Crippen LogP contribution in [-0.2, 0) is 0 Å². The Morgan fingerprint density at radius 2 is 1.02 bits per heavy atom. The third kappa shape index (κ3) is 4.50. The van der Waals surface area contributed by atoms with E-state index < -0.39 is 0 Å². The monoisotopic (exact) mass is 559 g/mol. The maximum Gasteiger partial charge on any atom is 0.153 e. The van der Waals surface area contributed by atoms with Crippen molar-refractivity contribution < 1.29 is 8.83 Å². The molecule has 0 aliphatic heterocycles. The zero-order valence-electron chi connectivity index (χ0n) is 24.0.